The molecule has 0 N–H and O–H groups in total. The first-order chi connectivity index (χ1) is 13.4. The molecule has 1 aromatic rings. The molecular formula is C22H27F3O3. The van der Waals surface area contributed by atoms with Gasteiger partial charge in [-0.3, -0.25) is 0 Å². The lowest BCUT2D eigenvalue weighted by Gasteiger charge is -2.35. The first-order valence-electron chi connectivity index (χ1n) is 9.84. The van der Waals surface area contributed by atoms with Crippen molar-refractivity contribution in [1.82, 2.24) is 0 Å². The lowest BCUT2D eigenvalue weighted by Crippen LogP contribution is -2.37. The van der Waals surface area contributed by atoms with Crippen molar-refractivity contribution in [3.8, 4) is 5.75 Å². The molecule has 28 heavy (non-hydrogen) atoms. The maximum absolute atomic E-state index is 12.3. The Bertz CT molecular complexity index is 671. The predicted molar refractivity (Wildman–Crippen MR) is 102 cm³/mol. The summed E-state index contributed by atoms with van der Waals surface area (Å²) >= 11 is 0. The summed E-state index contributed by atoms with van der Waals surface area (Å²) < 4.78 is 52.6. The molecule has 0 saturated carbocycles. The molecule has 0 spiro atoms. The van der Waals surface area contributed by atoms with E-state index in [1.54, 1.807) is 12.1 Å². The van der Waals surface area contributed by atoms with Gasteiger partial charge in [-0.25, -0.2) is 0 Å². The Morgan fingerprint density at radius 1 is 1.14 bits per heavy atom. The summed E-state index contributed by atoms with van der Waals surface area (Å²) in [5, 5.41) is 0. The van der Waals surface area contributed by atoms with E-state index in [-0.39, 0.29) is 12.0 Å². The molecule has 1 unspecified atom stereocenters. The van der Waals surface area contributed by atoms with Crippen LogP contribution in [0.3, 0.4) is 0 Å². The van der Waals surface area contributed by atoms with Crippen molar-refractivity contribution in [2.45, 2.75) is 51.7 Å². The number of allylic oxidation sites excluding steroid dienone is 4. The highest BCUT2D eigenvalue weighted by Gasteiger charge is 2.32. The predicted octanol–water partition coefficient (Wildman–Crippen LogP) is 6.11. The molecule has 1 heterocycles. The largest absolute Gasteiger partial charge is 0.573 e. The van der Waals surface area contributed by atoms with Gasteiger partial charge in [-0.15, -0.1) is 13.2 Å². The van der Waals surface area contributed by atoms with E-state index >= 15 is 0 Å². The van der Waals surface area contributed by atoms with Crippen LogP contribution in [0.25, 0.3) is 5.57 Å². The molecule has 154 valence electrons. The fourth-order valence-electron chi connectivity index (χ4n) is 3.73. The molecule has 1 aliphatic heterocycles. The number of halogens is 3. The van der Waals surface area contributed by atoms with Crippen LogP contribution in [-0.4, -0.2) is 25.9 Å². The Morgan fingerprint density at radius 3 is 2.43 bits per heavy atom. The summed E-state index contributed by atoms with van der Waals surface area (Å²) in [5.41, 5.74) is 2.08. The molecule has 3 nitrogen and oxygen atoms in total. The van der Waals surface area contributed by atoms with E-state index in [1.807, 2.05) is 6.92 Å². The third kappa shape index (κ3) is 6.11. The van der Waals surface area contributed by atoms with E-state index in [1.165, 1.54) is 12.1 Å². The Balaban J connectivity index is 1.48. The monoisotopic (exact) mass is 396 g/mol. The molecule has 0 aromatic heterocycles. The molecule has 0 amide bonds. The van der Waals surface area contributed by atoms with Gasteiger partial charge < -0.3 is 14.2 Å². The van der Waals surface area contributed by atoms with Crippen LogP contribution in [0.1, 0.15) is 44.6 Å². The van der Waals surface area contributed by atoms with Crippen LogP contribution in [0.2, 0.25) is 0 Å². The van der Waals surface area contributed by atoms with E-state index in [9.17, 15) is 13.2 Å². The quantitative estimate of drug-likeness (QED) is 0.543. The van der Waals surface area contributed by atoms with Crippen LogP contribution in [0.15, 0.2) is 42.5 Å². The van der Waals surface area contributed by atoms with Crippen LogP contribution >= 0.6 is 0 Å². The Morgan fingerprint density at radius 2 is 1.86 bits per heavy atom. The lowest BCUT2D eigenvalue weighted by molar-refractivity contribution is -0.274. The van der Waals surface area contributed by atoms with Gasteiger partial charge in [-0.05, 0) is 62.3 Å². The average molecular weight is 396 g/mol. The van der Waals surface area contributed by atoms with Crippen molar-refractivity contribution >= 4 is 5.57 Å². The summed E-state index contributed by atoms with van der Waals surface area (Å²) in [6.45, 7) is 3.52. The van der Waals surface area contributed by atoms with E-state index in [0.717, 1.165) is 56.5 Å². The van der Waals surface area contributed by atoms with E-state index in [2.05, 4.69) is 23.0 Å². The number of hydrogen-bond acceptors (Lipinski definition) is 3. The third-order valence-electron chi connectivity index (χ3n) is 5.26. The zero-order valence-corrected chi connectivity index (χ0v) is 16.1. The van der Waals surface area contributed by atoms with Gasteiger partial charge in [0.05, 0.1) is 13.2 Å². The zero-order chi connectivity index (χ0) is 20.0. The summed E-state index contributed by atoms with van der Waals surface area (Å²) in [6, 6.07) is 6.07. The van der Waals surface area contributed by atoms with Crippen molar-refractivity contribution in [1.29, 1.82) is 0 Å². The van der Waals surface area contributed by atoms with Gasteiger partial charge in [0, 0.05) is 11.8 Å². The molecule has 0 bridgehead atoms. The highest BCUT2D eigenvalue weighted by molar-refractivity contribution is 5.66. The standard InChI is InChI=1S/C22H27F3O3/c1-2-3-4-5-16-14-26-21(27-15-16)19-8-6-17(7-9-19)18-10-12-20(13-11-18)28-22(23,24)25/h2-3,6,10-13,16,19,21H,4-5,7-9,14-15H2,1H3/b3-2+. The van der Waals surface area contributed by atoms with Gasteiger partial charge in [0.2, 0.25) is 0 Å². The first-order valence-corrected chi connectivity index (χ1v) is 9.84. The van der Waals surface area contributed by atoms with Crippen molar-refractivity contribution < 1.29 is 27.4 Å². The minimum Gasteiger partial charge on any atom is -0.406 e. The average Bonchev–Trinajstić information content (AvgIpc) is 2.68. The third-order valence-corrected chi connectivity index (χ3v) is 5.26. The minimum atomic E-state index is -4.66. The molecule has 2 aliphatic rings. The topological polar surface area (TPSA) is 27.7 Å². The van der Waals surface area contributed by atoms with E-state index < -0.39 is 6.36 Å². The Kier molecular flexibility index (Phi) is 7.18. The molecule has 1 atom stereocenters. The first kappa shape index (κ1) is 20.9. The van der Waals surface area contributed by atoms with Gasteiger partial charge >= 0.3 is 6.36 Å². The van der Waals surface area contributed by atoms with Crippen molar-refractivity contribution in [2.75, 3.05) is 13.2 Å². The molecule has 1 saturated heterocycles. The van der Waals surface area contributed by atoms with Gasteiger partial charge in [0.1, 0.15) is 5.75 Å². The maximum Gasteiger partial charge on any atom is 0.573 e. The molecule has 3 rings (SSSR count). The second-order valence-corrected chi connectivity index (χ2v) is 7.38. The normalized spacial score (nSPS) is 26.3. The highest BCUT2D eigenvalue weighted by Crippen LogP contribution is 2.35. The summed E-state index contributed by atoms with van der Waals surface area (Å²) in [4.78, 5) is 0. The summed E-state index contributed by atoms with van der Waals surface area (Å²) in [7, 11) is 0. The summed E-state index contributed by atoms with van der Waals surface area (Å²) in [6.07, 6.45) is 6.36. The minimum absolute atomic E-state index is 0.154. The fourth-order valence-corrected chi connectivity index (χ4v) is 3.73. The number of rotatable bonds is 6. The van der Waals surface area contributed by atoms with Crippen LogP contribution in [0, 0.1) is 11.8 Å². The molecule has 0 radical (unpaired) electrons. The lowest BCUT2D eigenvalue weighted by atomic mass is 9.86. The van der Waals surface area contributed by atoms with Gasteiger partial charge in [-0.2, -0.15) is 0 Å². The van der Waals surface area contributed by atoms with E-state index in [0.29, 0.717) is 11.8 Å². The second-order valence-electron chi connectivity index (χ2n) is 7.38. The zero-order valence-electron chi connectivity index (χ0n) is 16.1. The molecule has 1 fully saturated rings. The van der Waals surface area contributed by atoms with Crippen LogP contribution in [-0.2, 0) is 9.47 Å². The maximum atomic E-state index is 12.3. The smallest absolute Gasteiger partial charge is 0.406 e. The second kappa shape index (κ2) is 9.61. The van der Waals surface area contributed by atoms with Crippen LogP contribution < -0.4 is 4.74 Å². The van der Waals surface area contributed by atoms with Gasteiger partial charge in [-0.1, -0.05) is 30.4 Å². The molecule has 1 aromatic carbocycles. The molecule has 6 heteroatoms. The van der Waals surface area contributed by atoms with Crippen molar-refractivity contribution in [2.24, 2.45) is 11.8 Å². The van der Waals surface area contributed by atoms with Gasteiger partial charge in [0.25, 0.3) is 0 Å². The van der Waals surface area contributed by atoms with Crippen LogP contribution in [0.5, 0.6) is 5.75 Å². The number of benzene rings is 1. The van der Waals surface area contributed by atoms with E-state index in [4.69, 9.17) is 9.47 Å². The Labute approximate surface area is 164 Å². The van der Waals surface area contributed by atoms with Gasteiger partial charge in [0.15, 0.2) is 6.29 Å². The van der Waals surface area contributed by atoms with Crippen molar-refractivity contribution in [3.63, 3.8) is 0 Å². The number of hydrogen-bond donors (Lipinski definition) is 0. The fraction of sp³-hybridized carbons (Fsp3) is 0.545. The summed E-state index contributed by atoms with van der Waals surface area (Å²) in [5.74, 6) is 0.589. The van der Waals surface area contributed by atoms with Crippen LogP contribution in [0.4, 0.5) is 13.2 Å². The number of ether oxygens (including phenoxy) is 3. The number of alkyl halides is 3. The van der Waals surface area contributed by atoms with Crippen molar-refractivity contribution in [3.05, 3.63) is 48.1 Å². The molecular weight excluding hydrogens is 369 g/mol. The SMILES string of the molecule is C/C=C/CCC1COC(C2CC=C(c3ccc(OC(F)(F)F)cc3)CC2)OC1. The Hall–Kier alpha value is -1.79. The highest BCUT2D eigenvalue weighted by atomic mass is 19.4. The molecule has 1 aliphatic carbocycles.